The van der Waals surface area contributed by atoms with Gasteiger partial charge in [-0.1, -0.05) is 83.1 Å². The van der Waals surface area contributed by atoms with Crippen LogP contribution in [0.4, 0.5) is 0 Å². The number of rotatable bonds is 6. The molecule has 4 aromatic rings. The van der Waals surface area contributed by atoms with Gasteiger partial charge in [0.05, 0.1) is 0 Å². The molecule has 0 saturated heterocycles. The average Bonchev–Trinajstić information content (AvgIpc) is 2.86. The van der Waals surface area contributed by atoms with Crippen molar-refractivity contribution in [3.63, 3.8) is 0 Å². The lowest BCUT2D eigenvalue weighted by Crippen LogP contribution is -2.22. The van der Waals surface area contributed by atoms with Crippen LogP contribution >= 0.6 is 0 Å². The number of aryl methyl sites for hydroxylation is 1. The van der Waals surface area contributed by atoms with E-state index in [1.54, 1.807) is 24.5 Å². The van der Waals surface area contributed by atoms with Crippen LogP contribution in [0.5, 0.6) is 11.5 Å². The van der Waals surface area contributed by atoms with Gasteiger partial charge in [-0.2, -0.15) is 0 Å². The van der Waals surface area contributed by atoms with Crippen LogP contribution in [-0.2, 0) is 10.8 Å². The molecule has 1 atom stereocenters. The van der Waals surface area contributed by atoms with Crippen LogP contribution in [0.2, 0.25) is 0 Å². The Balaban J connectivity index is 1.69. The minimum Gasteiger partial charge on any atom is -0.508 e. The number of aromatic nitrogens is 1. The summed E-state index contributed by atoms with van der Waals surface area (Å²) < 4.78 is 0. The van der Waals surface area contributed by atoms with Crippen LogP contribution < -0.4 is 0 Å². The van der Waals surface area contributed by atoms with E-state index >= 15 is 0 Å². The van der Waals surface area contributed by atoms with Crippen LogP contribution in [0.25, 0.3) is 0 Å². The summed E-state index contributed by atoms with van der Waals surface area (Å²) in [7, 11) is 0. The second-order valence-corrected chi connectivity index (χ2v) is 10.6. The Morgan fingerprint density at radius 2 is 1.11 bits per heavy atom. The van der Waals surface area contributed by atoms with Gasteiger partial charge in [-0.25, -0.2) is 0 Å². The standard InChI is InChI=1S/C32H35NO2/c1-21-19-27(20-29(30(21)35)22(2)23-15-17-33-18-16-23)32(5,6)25-9-7-24(8-10-25)31(3,4)26-11-13-28(34)14-12-26/h7-20,22,34-35H,1-6H3. The summed E-state index contributed by atoms with van der Waals surface area (Å²) >= 11 is 0. The van der Waals surface area contributed by atoms with E-state index in [4.69, 9.17) is 0 Å². The monoisotopic (exact) mass is 465 g/mol. The highest BCUT2D eigenvalue weighted by molar-refractivity contribution is 5.52. The fraction of sp³-hybridized carbons (Fsp3) is 0.281. The fourth-order valence-corrected chi connectivity index (χ4v) is 4.84. The zero-order chi connectivity index (χ0) is 25.4. The Morgan fingerprint density at radius 3 is 1.63 bits per heavy atom. The third-order valence-electron chi connectivity index (χ3n) is 7.64. The molecule has 0 saturated carbocycles. The van der Waals surface area contributed by atoms with Crippen molar-refractivity contribution in [2.75, 3.05) is 0 Å². The van der Waals surface area contributed by atoms with Gasteiger partial charge in [0, 0.05) is 34.7 Å². The van der Waals surface area contributed by atoms with Gasteiger partial charge >= 0.3 is 0 Å². The molecule has 1 unspecified atom stereocenters. The third kappa shape index (κ3) is 4.68. The Morgan fingerprint density at radius 1 is 0.657 bits per heavy atom. The maximum atomic E-state index is 10.9. The Bertz CT molecular complexity index is 1300. The molecule has 1 heterocycles. The van der Waals surface area contributed by atoms with Gasteiger partial charge in [0.1, 0.15) is 11.5 Å². The molecule has 0 aliphatic carbocycles. The molecule has 3 aromatic carbocycles. The molecular weight excluding hydrogens is 430 g/mol. The highest BCUT2D eigenvalue weighted by Gasteiger charge is 2.28. The zero-order valence-electron chi connectivity index (χ0n) is 21.5. The molecular formula is C32H35NO2. The SMILES string of the molecule is Cc1cc(C(C)(C)c2ccc(C(C)(C)c3ccc(O)cc3)cc2)cc(C(C)c2ccncc2)c1O. The van der Waals surface area contributed by atoms with E-state index in [0.717, 1.165) is 22.3 Å². The summed E-state index contributed by atoms with van der Waals surface area (Å²) in [6.45, 7) is 13.0. The van der Waals surface area contributed by atoms with Crippen molar-refractivity contribution in [3.05, 3.63) is 124 Å². The van der Waals surface area contributed by atoms with Gasteiger partial charge in [-0.05, 0) is 64.6 Å². The minimum absolute atomic E-state index is 0.0564. The lowest BCUT2D eigenvalue weighted by atomic mass is 9.73. The van der Waals surface area contributed by atoms with E-state index in [-0.39, 0.29) is 22.5 Å². The number of aromatic hydroxyl groups is 2. The summed E-state index contributed by atoms with van der Waals surface area (Å²) in [6.07, 6.45) is 3.59. The molecule has 0 spiro atoms. The summed E-state index contributed by atoms with van der Waals surface area (Å²) in [6, 6.07) is 24.6. The van der Waals surface area contributed by atoms with Crippen LogP contribution in [0, 0.1) is 6.92 Å². The van der Waals surface area contributed by atoms with Crippen LogP contribution in [0.15, 0.2) is 85.2 Å². The van der Waals surface area contributed by atoms with Crippen molar-refractivity contribution in [2.45, 2.75) is 58.3 Å². The molecule has 0 aliphatic heterocycles. The molecule has 3 heteroatoms. The van der Waals surface area contributed by atoms with Gasteiger partial charge in [0.15, 0.2) is 0 Å². The van der Waals surface area contributed by atoms with Crippen molar-refractivity contribution < 1.29 is 10.2 Å². The van der Waals surface area contributed by atoms with Crippen molar-refractivity contribution in [2.24, 2.45) is 0 Å². The van der Waals surface area contributed by atoms with E-state index in [1.807, 2.05) is 31.2 Å². The lowest BCUT2D eigenvalue weighted by molar-refractivity contribution is 0.460. The highest BCUT2D eigenvalue weighted by Crippen LogP contribution is 2.40. The average molecular weight is 466 g/mol. The van der Waals surface area contributed by atoms with Crippen molar-refractivity contribution >= 4 is 0 Å². The van der Waals surface area contributed by atoms with Crippen LogP contribution in [0.3, 0.4) is 0 Å². The number of hydrogen-bond donors (Lipinski definition) is 2. The van der Waals surface area contributed by atoms with Gasteiger partial charge in [0.25, 0.3) is 0 Å². The number of pyridine rings is 1. The Hall–Kier alpha value is -3.59. The van der Waals surface area contributed by atoms with E-state index in [2.05, 4.69) is 76.0 Å². The molecule has 0 fully saturated rings. The molecule has 3 nitrogen and oxygen atoms in total. The van der Waals surface area contributed by atoms with Crippen molar-refractivity contribution in [1.82, 2.24) is 4.98 Å². The van der Waals surface area contributed by atoms with Gasteiger partial charge in [0.2, 0.25) is 0 Å². The first kappa shape index (κ1) is 24.5. The van der Waals surface area contributed by atoms with E-state index in [0.29, 0.717) is 5.75 Å². The molecule has 0 bridgehead atoms. The number of nitrogens with zero attached hydrogens (tertiary/aromatic N) is 1. The quantitative estimate of drug-likeness (QED) is 0.308. The van der Waals surface area contributed by atoms with E-state index < -0.39 is 0 Å². The normalized spacial score (nSPS) is 13.0. The van der Waals surface area contributed by atoms with Crippen molar-refractivity contribution in [1.29, 1.82) is 0 Å². The Labute approximate surface area is 209 Å². The summed E-state index contributed by atoms with van der Waals surface area (Å²) in [5.41, 5.74) is 7.30. The summed E-state index contributed by atoms with van der Waals surface area (Å²) in [4.78, 5) is 4.13. The topological polar surface area (TPSA) is 53.4 Å². The second-order valence-electron chi connectivity index (χ2n) is 10.6. The van der Waals surface area contributed by atoms with Crippen LogP contribution in [0.1, 0.15) is 79.5 Å². The maximum absolute atomic E-state index is 10.9. The largest absolute Gasteiger partial charge is 0.508 e. The third-order valence-corrected chi connectivity index (χ3v) is 7.64. The fourth-order valence-electron chi connectivity index (χ4n) is 4.84. The molecule has 2 N–H and O–H groups in total. The number of benzene rings is 3. The predicted molar refractivity (Wildman–Crippen MR) is 143 cm³/mol. The molecule has 1 aromatic heterocycles. The minimum atomic E-state index is -0.244. The van der Waals surface area contributed by atoms with Gasteiger partial charge in [-0.15, -0.1) is 0 Å². The predicted octanol–water partition coefficient (Wildman–Crippen LogP) is 7.60. The van der Waals surface area contributed by atoms with Crippen LogP contribution in [-0.4, -0.2) is 15.2 Å². The van der Waals surface area contributed by atoms with E-state index in [1.165, 1.54) is 16.7 Å². The number of phenolic OH excluding ortho intramolecular Hbond substituents is 2. The molecule has 0 aliphatic rings. The van der Waals surface area contributed by atoms with Gasteiger partial charge < -0.3 is 10.2 Å². The maximum Gasteiger partial charge on any atom is 0.122 e. The van der Waals surface area contributed by atoms with E-state index in [9.17, 15) is 10.2 Å². The molecule has 35 heavy (non-hydrogen) atoms. The second kappa shape index (κ2) is 9.22. The lowest BCUT2D eigenvalue weighted by Gasteiger charge is -2.30. The first-order valence-corrected chi connectivity index (χ1v) is 12.2. The van der Waals surface area contributed by atoms with Gasteiger partial charge in [-0.3, -0.25) is 4.98 Å². The number of phenols is 2. The smallest absolute Gasteiger partial charge is 0.122 e. The number of hydrogen-bond acceptors (Lipinski definition) is 3. The molecule has 180 valence electrons. The highest BCUT2D eigenvalue weighted by atomic mass is 16.3. The molecule has 4 rings (SSSR count). The first-order chi connectivity index (χ1) is 16.5. The summed E-state index contributed by atoms with van der Waals surface area (Å²) in [5, 5.41) is 20.6. The Kier molecular flexibility index (Phi) is 6.46. The molecule has 0 radical (unpaired) electrons. The summed E-state index contributed by atoms with van der Waals surface area (Å²) in [5.74, 6) is 0.698. The first-order valence-electron chi connectivity index (χ1n) is 12.2. The zero-order valence-corrected chi connectivity index (χ0v) is 21.5. The molecule has 0 amide bonds. The van der Waals surface area contributed by atoms with Crippen molar-refractivity contribution in [3.8, 4) is 11.5 Å².